The summed E-state index contributed by atoms with van der Waals surface area (Å²) in [5, 5.41) is 6.02. The van der Waals surface area contributed by atoms with Crippen LogP contribution in [0, 0.1) is 0 Å². The predicted octanol–water partition coefficient (Wildman–Crippen LogP) is 2.29. The fourth-order valence-electron chi connectivity index (χ4n) is 1.74. The van der Waals surface area contributed by atoms with Gasteiger partial charge in [0.05, 0.1) is 5.69 Å². The van der Waals surface area contributed by atoms with Crippen molar-refractivity contribution in [1.82, 2.24) is 14.5 Å². The van der Waals surface area contributed by atoms with E-state index in [0.29, 0.717) is 8.68 Å². The van der Waals surface area contributed by atoms with Crippen LogP contribution in [0.1, 0.15) is 18.2 Å². The minimum Gasteiger partial charge on any atom is -0.275 e. The number of thiophene rings is 1. The molecule has 19 heavy (non-hydrogen) atoms. The maximum atomic E-state index is 12.1. The maximum Gasteiger partial charge on any atom is 0.251 e. The van der Waals surface area contributed by atoms with Crippen molar-refractivity contribution < 1.29 is 8.42 Å². The van der Waals surface area contributed by atoms with E-state index in [1.54, 1.807) is 16.1 Å². The second-order valence-electron chi connectivity index (χ2n) is 4.01. The highest BCUT2D eigenvalue weighted by molar-refractivity contribution is 9.10. The van der Waals surface area contributed by atoms with E-state index >= 15 is 0 Å². The van der Waals surface area contributed by atoms with Gasteiger partial charge in [-0.05, 0) is 33.8 Å². The van der Waals surface area contributed by atoms with E-state index in [1.165, 1.54) is 11.3 Å². The number of nitrogens with zero attached hydrogens (tertiary/aromatic N) is 2. The lowest BCUT2D eigenvalue weighted by Gasteiger charge is -2.05. The lowest BCUT2D eigenvalue weighted by Crippen LogP contribution is -2.23. The molecule has 0 aliphatic heterocycles. The summed E-state index contributed by atoms with van der Waals surface area (Å²) in [5.74, 6) is 0. The Kier molecular flexibility index (Phi) is 4.44. The maximum absolute atomic E-state index is 12.1. The lowest BCUT2D eigenvalue weighted by molar-refractivity contribution is 0.583. The van der Waals surface area contributed by atoms with E-state index < -0.39 is 10.0 Å². The van der Waals surface area contributed by atoms with Gasteiger partial charge in [0, 0.05) is 29.8 Å². The van der Waals surface area contributed by atoms with Gasteiger partial charge in [0.1, 0.15) is 4.21 Å². The first-order valence-electron chi connectivity index (χ1n) is 5.68. The number of sulfonamides is 1. The van der Waals surface area contributed by atoms with Crippen molar-refractivity contribution in [1.29, 1.82) is 0 Å². The highest BCUT2D eigenvalue weighted by Crippen LogP contribution is 2.27. The van der Waals surface area contributed by atoms with Crippen LogP contribution in [0.5, 0.6) is 0 Å². The molecule has 5 nitrogen and oxygen atoms in total. The highest BCUT2D eigenvalue weighted by atomic mass is 79.9. The molecule has 0 saturated carbocycles. The zero-order valence-corrected chi connectivity index (χ0v) is 13.8. The van der Waals surface area contributed by atoms with Crippen molar-refractivity contribution in [2.75, 3.05) is 0 Å². The Morgan fingerprint density at radius 2 is 2.26 bits per heavy atom. The van der Waals surface area contributed by atoms with Gasteiger partial charge in [0.2, 0.25) is 0 Å². The van der Waals surface area contributed by atoms with Crippen molar-refractivity contribution in [2.24, 2.45) is 7.05 Å². The minimum absolute atomic E-state index is 0.254. The SMILES string of the molecule is CCc1nn(C)cc1CNS(=O)(=O)c1sccc1Br. The molecule has 0 amide bonds. The fraction of sp³-hybridized carbons (Fsp3) is 0.364. The van der Waals surface area contributed by atoms with Crippen molar-refractivity contribution in [2.45, 2.75) is 24.1 Å². The molecule has 2 heterocycles. The summed E-state index contributed by atoms with van der Waals surface area (Å²) in [6.45, 7) is 2.25. The summed E-state index contributed by atoms with van der Waals surface area (Å²) in [7, 11) is -1.65. The number of aromatic nitrogens is 2. The van der Waals surface area contributed by atoms with Crippen molar-refractivity contribution in [3.63, 3.8) is 0 Å². The van der Waals surface area contributed by atoms with Crippen LogP contribution in [0.2, 0.25) is 0 Å². The Hall–Kier alpha value is -0.700. The molecule has 0 bridgehead atoms. The molecule has 0 fully saturated rings. The van der Waals surface area contributed by atoms with Gasteiger partial charge in [0.15, 0.2) is 0 Å². The highest BCUT2D eigenvalue weighted by Gasteiger charge is 2.19. The van der Waals surface area contributed by atoms with E-state index in [2.05, 4.69) is 25.8 Å². The summed E-state index contributed by atoms with van der Waals surface area (Å²) >= 11 is 4.42. The van der Waals surface area contributed by atoms with Gasteiger partial charge < -0.3 is 0 Å². The third kappa shape index (κ3) is 3.25. The molecule has 0 aliphatic carbocycles. The van der Waals surface area contributed by atoms with Gasteiger partial charge in [-0.15, -0.1) is 11.3 Å². The molecule has 1 N–H and O–H groups in total. The van der Waals surface area contributed by atoms with Crippen LogP contribution in [-0.4, -0.2) is 18.2 Å². The molecule has 2 rings (SSSR count). The second-order valence-corrected chi connectivity index (χ2v) is 7.74. The molecule has 0 spiro atoms. The third-order valence-corrected chi connectivity index (χ3v) is 6.68. The van der Waals surface area contributed by atoms with Gasteiger partial charge in [-0.1, -0.05) is 6.92 Å². The quantitative estimate of drug-likeness (QED) is 0.886. The lowest BCUT2D eigenvalue weighted by atomic mass is 10.2. The average molecular weight is 364 g/mol. The average Bonchev–Trinajstić information content (AvgIpc) is 2.93. The zero-order valence-electron chi connectivity index (χ0n) is 10.6. The zero-order chi connectivity index (χ0) is 14.0. The van der Waals surface area contributed by atoms with Gasteiger partial charge in [0.25, 0.3) is 10.0 Å². The van der Waals surface area contributed by atoms with Crippen LogP contribution in [0.25, 0.3) is 0 Å². The standard InChI is InChI=1S/C11H14BrN3O2S2/c1-3-10-8(7-15(2)14-10)6-13-19(16,17)11-9(12)4-5-18-11/h4-5,7,13H,3,6H2,1-2H3. The van der Waals surface area contributed by atoms with Crippen LogP contribution in [-0.2, 0) is 30.0 Å². The van der Waals surface area contributed by atoms with Crippen LogP contribution >= 0.6 is 27.3 Å². The Bertz CT molecular complexity index is 676. The molecule has 0 aromatic carbocycles. The van der Waals surface area contributed by atoms with E-state index in [1.807, 2.05) is 20.2 Å². The van der Waals surface area contributed by atoms with Crippen molar-refractivity contribution >= 4 is 37.3 Å². The molecule has 104 valence electrons. The first kappa shape index (κ1) is 14.7. The monoisotopic (exact) mass is 363 g/mol. The molecule has 0 unspecified atom stereocenters. The summed E-state index contributed by atoms with van der Waals surface area (Å²) in [6.07, 6.45) is 2.62. The predicted molar refractivity (Wildman–Crippen MR) is 78.6 cm³/mol. The number of halogens is 1. The molecular formula is C11H14BrN3O2S2. The largest absolute Gasteiger partial charge is 0.275 e. The van der Waals surface area contributed by atoms with Gasteiger partial charge in [-0.25, -0.2) is 13.1 Å². The van der Waals surface area contributed by atoms with Crippen LogP contribution in [0.4, 0.5) is 0 Å². The van der Waals surface area contributed by atoms with Gasteiger partial charge >= 0.3 is 0 Å². The summed E-state index contributed by atoms with van der Waals surface area (Å²) in [4.78, 5) is 0. The molecular weight excluding hydrogens is 350 g/mol. The Morgan fingerprint density at radius 3 is 2.84 bits per heavy atom. The van der Waals surface area contributed by atoms with Crippen LogP contribution in [0.3, 0.4) is 0 Å². The summed E-state index contributed by atoms with van der Waals surface area (Å²) < 4.78 is 29.5. The first-order valence-corrected chi connectivity index (χ1v) is 8.83. The normalized spacial score (nSPS) is 11.9. The number of nitrogens with one attached hydrogen (secondary N) is 1. The van der Waals surface area contributed by atoms with E-state index in [4.69, 9.17) is 0 Å². The Balaban J connectivity index is 2.16. The number of hydrogen-bond acceptors (Lipinski definition) is 4. The molecule has 2 aromatic rings. The molecule has 0 atom stereocenters. The van der Waals surface area contributed by atoms with Crippen molar-refractivity contribution in [3.05, 3.63) is 33.4 Å². The third-order valence-electron chi connectivity index (χ3n) is 2.61. The second kappa shape index (κ2) is 5.74. The fourth-order valence-corrected chi connectivity index (χ4v) is 5.13. The Morgan fingerprint density at radius 1 is 1.53 bits per heavy atom. The van der Waals surface area contributed by atoms with E-state index in [9.17, 15) is 8.42 Å². The van der Waals surface area contributed by atoms with Crippen molar-refractivity contribution in [3.8, 4) is 0 Å². The molecule has 2 aromatic heterocycles. The van der Waals surface area contributed by atoms with E-state index in [0.717, 1.165) is 17.7 Å². The molecule has 0 aliphatic rings. The number of hydrogen-bond donors (Lipinski definition) is 1. The summed E-state index contributed by atoms with van der Waals surface area (Å²) in [5.41, 5.74) is 1.82. The first-order chi connectivity index (χ1) is 8.94. The van der Waals surface area contributed by atoms with Gasteiger partial charge in [-0.2, -0.15) is 5.10 Å². The van der Waals surface area contributed by atoms with E-state index in [-0.39, 0.29) is 6.54 Å². The minimum atomic E-state index is -3.48. The molecule has 8 heteroatoms. The van der Waals surface area contributed by atoms with Gasteiger partial charge in [-0.3, -0.25) is 4.68 Å². The number of aryl methyl sites for hydroxylation is 2. The molecule has 0 saturated heterocycles. The topological polar surface area (TPSA) is 64.0 Å². The van der Waals surface area contributed by atoms with Crippen LogP contribution < -0.4 is 4.72 Å². The number of rotatable bonds is 5. The smallest absolute Gasteiger partial charge is 0.251 e. The Labute approximate surface area is 124 Å². The van der Waals surface area contributed by atoms with Crippen LogP contribution in [0.15, 0.2) is 26.3 Å². The molecule has 0 radical (unpaired) electrons. The summed E-state index contributed by atoms with van der Waals surface area (Å²) in [6, 6.07) is 1.72.